The van der Waals surface area contributed by atoms with E-state index in [0.29, 0.717) is 16.5 Å². The molecule has 1 aliphatic carbocycles. The molecule has 1 N–H and O–H groups in total. The third-order valence-corrected chi connectivity index (χ3v) is 6.24. The third kappa shape index (κ3) is 3.68. The van der Waals surface area contributed by atoms with Crippen molar-refractivity contribution in [1.82, 2.24) is 15.1 Å². The van der Waals surface area contributed by atoms with Gasteiger partial charge in [0, 0.05) is 23.7 Å². The van der Waals surface area contributed by atoms with E-state index in [0.717, 1.165) is 30.6 Å². The monoisotopic (exact) mass is 391 g/mol. The van der Waals surface area contributed by atoms with Crippen molar-refractivity contribution in [3.8, 4) is 0 Å². The molecule has 27 heavy (non-hydrogen) atoms. The van der Waals surface area contributed by atoms with Gasteiger partial charge < -0.3 is 10.2 Å². The molecule has 1 saturated carbocycles. The number of nitrogens with zero attached hydrogens (tertiary/aromatic N) is 2. The van der Waals surface area contributed by atoms with Crippen LogP contribution in [0.25, 0.3) is 0 Å². The SMILES string of the molecule is CC1CCC(N(C)C(=O)CN2C(=O)N[C@@](C)(c3ccccc3Cl)C2=O)CC1. The van der Waals surface area contributed by atoms with Gasteiger partial charge in [0.05, 0.1) is 0 Å². The number of nitrogens with one attached hydrogen (secondary N) is 1. The van der Waals surface area contributed by atoms with Crippen LogP contribution in [0.15, 0.2) is 24.3 Å². The highest BCUT2D eigenvalue weighted by Crippen LogP contribution is 2.33. The molecule has 0 bridgehead atoms. The van der Waals surface area contributed by atoms with Crippen molar-refractivity contribution in [3.05, 3.63) is 34.9 Å². The molecule has 2 aliphatic rings. The summed E-state index contributed by atoms with van der Waals surface area (Å²) in [4.78, 5) is 40.8. The van der Waals surface area contributed by atoms with Crippen LogP contribution in [0.2, 0.25) is 5.02 Å². The molecule has 1 atom stereocenters. The van der Waals surface area contributed by atoms with Crippen molar-refractivity contribution < 1.29 is 14.4 Å². The maximum atomic E-state index is 13.0. The molecule has 3 rings (SSSR count). The zero-order chi connectivity index (χ0) is 19.8. The van der Waals surface area contributed by atoms with E-state index in [1.165, 1.54) is 0 Å². The minimum Gasteiger partial charge on any atom is -0.341 e. The Bertz CT molecular complexity index is 761. The second kappa shape index (κ2) is 7.50. The molecular weight excluding hydrogens is 366 g/mol. The Labute approximate surface area is 164 Å². The highest BCUT2D eigenvalue weighted by molar-refractivity contribution is 6.32. The molecule has 0 unspecified atom stereocenters. The summed E-state index contributed by atoms with van der Waals surface area (Å²) in [5.74, 6) is 0.00750. The van der Waals surface area contributed by atoms with Crippen molar-refractivity contribution in [2.75, 3.05) is 13.6 Å². The average Bonchev–Trinajstić information content (AvgIpc) is 2.86. The van der Waals surface area contributed by atoms with E-state index in [9.17, 15) is 14.4 Å². The number of halogens is 1. The van der Waals surface area contributed by atoms with Crippen molar-refractivity contribution >= 4 is 29.4 Å². The molecule has 1 aromatic rings. The lowest BCUT2D eigenvalue weighted by Crippen LogP contribution is -2.47. The summed E-state index contributed by atoms with van der Waals surface area (Å²) in [6, 6.07) is 6.51. The highest BCUT2D eigenvalue weighted by atomic mass is 35.5. The topological polar surface area (TPSA) is 69.7 Å². The molecule has 0 spiro atoms. The maximum Gasteiger partial charge on any atom is 0.325 e. The standard InChI is InChI=1S/C20H26ClN3O3/c1-13-8-10-14(11-9-13)23(3)17(25)12-24-18(26)20(2,22-19(24)27)15-6-4-5-7-16(15)21/h4-7,13-14H,8-12H2,1-3H3,(H,22,27)/t13?,14?,20-/m0/s1. The van der Waals surface area contributed by atoms with E-state index in [2.05, 4.69) is 12.2 Å². The number of rotatable bonds is 4. The second-order valence-electron chi connectivity index (χ2n) is 7.84. The van der Waals surface area contributed by atoms with E-state index >= 15 is 0 Å². The summed E-state index contributed by atoms with van der Waals surface area (Å²) in [6.45, 7) is 3.58. The van der Waals surface area contributed by atoms with Crippen LogP contribution >= 0.6 is 11.6 Å². The molecule has 1 aromatic carbocycles. The number of urea groups is 1. The Morgan fingerprint density at radius 1 is 1.26 bits per heavy atom. The fourth-order valence-corrected chi connectivity index (χ4v) is 4.29. The first-order chi connectivity index (χ1) is 12.7. The van der Waals surface area contributed by atoms with Crippen LogP contribution in [0, 0.1) is 5.92 Å². The van der Waals surface area contributed by atoms with Crippen LogP contribution in [-0.2, 0) is 15.1 Å². The Kier molecular flexibility index (Phi) is 5.47. The largest absolute Gasteiger partial charge is 0.341 e. The van der Waals surface area contributed by atoms with Crippen molar-refractivity contribution in [2.24, 2.45) is 5.92 Å². The van der Waals surface area contributed by atoms with E-state index < -0.39 is 17.5 Å². The van der Waals surface area contributed by atoms with Gasteiger partial charge in [0.1, 0.15) is 12.1 Å². The van der Waals surface area contributed by atoms with Gasteiger partial charge in [-0.05, 0) is 44.6 Å². The predicted octanol–water partition coefficient (Wildman–Crippen LogP) is 3.14. The highest BCUT2D eigenvalue weighted by Gasteiger charge is 2.50. The molecule has 2 fully saturated rings. The first kappa shape index (κ1) is 19.7. The smallest absolute Gasteiger partial charge is 0.325 e. The van der Waals surface area contributed by atoms with Gasteiger partial charge in [-0.3, -0.25) is 14.5 Å². The summed E-state index contributed by atoms with van der Waals surface area (Å²) in [7, 11) is 1.76. The van der Waals surface area contributed by atoms with Crippen molar-refractivity contribution in [3.63, 3.8) is 0 Å². The van der Waals surface area contributed by atoms with Crippen LogP contribution < -0.4 is 5.32 Å². The number of likely N-dealkylation sites (N-methyl/N-ethyl adjacent to an activating group) is 1. The zero-order valence-corrected chi connectivity index (χ0v) is 16.8. The lowest BCUT2D eigenvalue weighted by molar-refractivity contribution is -0.139. The molecule has 7 heteroatoms. The van der Waals surface area contributed by atoms with Crippen molar-refractivity contribution in [1.29, 1.82) is 0 Å². The lowest BCUT2D eigenvalue weighted by Gasteiger charge is -2.34. The Balaban J connectivity index is 1.72. The molecular formula is C20H26ClN3O3. The molecule has 1 saturated heterocycles. The Morgan fingerprint density at radius 3 is 2.52 bits per heavy atom. The number of hydrogen-bond donors (Lipinski definition) is 1. The normalized spacial score (nSPS) is 28.2. The van der Waals surface area contributed by atoms with E-state index in [1.54, 1.807) is 43.1 Å². The first-order valence-electron chi connectivity index (χ1n) is 9.39. The fraction of sp³-hybridized carbons (Fsp3) is 0.550. The number of amides is 4. The quantitative estimate of drug-likeness (QED) is 0.801. The molecule has 0 radical (unpaired) electrons. The number of imide groups is 1. The van der Waals surface area contributed by atoms with Crippen LogP contribution in [0.3, 0.4) is 0 Å². The summed E-state index contributed by atoms with van der Waals surface area (Å²) >= 11 is 6.23. The minimum atomic E-state index is -1.27. The molecule has 6 nitrogen and oxygen atoms in total. The van der Waals surface area contributed by atoms with Gasteiger partial charge in [-0.15, -0.1) is 0 Å². The average molecular weight is 392 g/mol. The van der Waals surface area contributed by atoms with Crippen LogP contribution in [0.5, 0.6) is 0 Å². The van der Waals surface area contributed by atoms with Gasteiger partial charge in [-0.1, -0.05) is 36.7 Å². The number of benzene rings is 1. The van der Waals surface area contributed by atoms with Gasteiger partial charge in [-0.2, -0.15) is 0 Å². The second-order valence-corrected chi connectivity index (χ2v) is 8.25. The van der Waals surface area contributed by atoms with E-state index in [4.69, 9.17) is 11.6 Å². The van der Waals surface area contributed by atoms with Gasteiger partial charge in [-0.25, -0.2) is 4.79 Å². The number of hydrogen-bond acceptors (Lipinski definition) is 3. The molecule has 1 heterocycles. The Hall–Kier alpha value is -2.08. The molecule has 146 valence electrons. The summed E-state index contributed by atoms with van der Waals surface area (Å²) in [5, 5.41) is 3.10. The van der Waals surface area contributed by atoms with Gasteiger partial charge in [0.2, 0.25) is 5.91 Å². The van der Waals surface area contributed by atoms with Gasteiger partial charge in [0.15, 0.2) is 0 Å². The van der Waals surface area contributed by atoms with Crippen LogP contribution in [0.1, 0.15) is 45.1 Å². The minimum absolute atomic E-state index is 0.171. The summed E-state index contributed by atoms with van der Waals surface area (Å²) in [5.41, 5.74) is -0.747. The predicted molar refractivity (Wildman–Crippen MR) is 103 cm³/mol. The Morgan fingerprint density at radius 2 is 1.89 bits per heavy atom. The molecule has 0 aromatic heterocycles. The lowest BCUT2D eigenvalue weighted by atomic mass is 9.87. The van der Waals surface area contributed by atoms with Crippen LogP contribution in [0.4, 0.5) is 4.79 Å². The van der Waals surface area contributed by atoms with Crippen LogP contribution in [-0.4, -0.2) is 47.3 Å². The molecule has 4 amide bonds. The van der Waals surface area contributed by atoms with E-state index in [1.807, 2.05) is 0 Å². The van der Waals surface area contributed by atoms with Gasteiger partial charge >= 0.3 is 6.03 Å². The first-order valence-corrected chi connectivity index (χ1v) is 9.76. The third-order valence-electron chi connectivity index (χ3n) is 5.91. The van der Waals surface area contributed by atoms with E-state index in [-0.39, 0.29) is 18.5 Å². The number of carbonyl (C=O) groups is 3. The van der Waals surface area contributed by atoms with Gasteiger partial charge in [0.25, 0.3) is 5.91 Å². The number of carbonyl (C=O) groups excluding carboxylic acids is 3. The summed E-state index contributed by atoms with van der Waals surface area (Å²) < 4.78 is 0. The fourth-order valence-electron chi connectivity index (χ4n) is 3.97. The van der Waals surface area contributed by atoms with Crippen molar-refractivity contribution in [2.45, 2.75) is 51.1 Å². The zero-order valence-electron chi connectivity index (χ0n) is 16.0. The molecule has 1 aliphatic heterocycles. The summed E-state index contributed by atoms with van der Waals surface area (Å²) in [6.07, 6.45) is 4.10. The maximum absolute atomic E-state index is 13.0.